The Morgan fingerprint density at radius 3 is 0.766 bits per heavy atom. The number of ether oxygens (including phenoxy) is 15. The molecule has 0 aromatic heterocycles. The molecule has 0 saturated heterocycles. The third kappa shape index (κ3) is 78.3. The van der Waals surface area contributed by atoms with Crippen LogP contribution in [-0.2, 0) is 96.6 Å². The van der Waals surface area contributed by atoms with Gasteiger partial charge in [-0.3, -0.25) is 4.18 Å². The second-order valence-electron chi connectivity index (χ2n) is 31.1. The number of rotatable bonds is 77. The minimum Gasteiger partial charge on any atom is -0.396 e. The summed E-state index contributed by atoms with van der Waals surface area (Å²) in [6.45, 7) is 38.2. The van der Waals surface area contributed by atoms with Crippen molar-refractivity contribution in [3.05, 3.63) is 266 Å². The number of hydrogen-bond donors (Lipinski definition) is 4. The Labute approximate surface area is 865 Å². The van der Waals surface area contributed by atoms with Crippen LogP contribution in [0.5, 0.6) is 0 Å². The molecule has 141 heavy (non-hydrogen) atoms. The molecule has 0 atom stereocenters. The van der Waals surface area contributed by atoms with Crippen LogP contribution in [0.1, 0.15) is 222 Å². The standard InChI is InChI=1S/C28H34O3.C21H19BrO.C16H26O5S.2C9H19N3O2.C9H21NO2.C9H20O3.C7H16O2.C2H5BrO/c1-2-29-21-13-6-14-22-30-23-24-31-28(25-15-7-3-8-16-25,26-17-9-4-10-18-26)27-19-11-5-12-20-27;22-16-17-23-21(18-10-4-1-5-11-18,19-12-6-2-7-13-19)20-14-8-3-9-15-20;1-3-19-11-5-4-6-12-20-13-14-21-22(17,18)16-9-7-15(2)8-10-16;2*1-2-13-7-4-3-5-8-14-9-6-11-12-10;2*1-2-11-7-4-3-5-8-12-9-6-10;1-2-9-7-5-3-4-6-8;3-1-2-4/h3-5,7-12,15-20H,2,6,13-14,21-24H2,1H3;1-15H,16-17H2;7-10H,3-6,11-14H2,1-2H3;2*2-9H2,1H3;2-10H2,1H3;10H,2-9H2,1H3;8H,2-7H2,1H3;4H,1-2H2. The Hall–Kier alpha value is -6.73. The molecule has 5 N–H and O–H groups in total. The van der Waals surface area contributed by atoms with Gasteiger partial charge in [-0.2, -0.15) is 8.42 Å². The van der Waals surface area contributed by atoms with E-state index in [1.165, 1.54) is 6.42 Å². The van der Waals surface area contributed by atoms with E-state index >= 15 is 0 Å². The van der Waals surface area contributed by atoms with Gasteiger partial charge in [0.2, 0.25) is 0 Å². The van der Waals surface area contributed by atoms with Gasteiger partial charge in [0.25, 0.3) is 10.1 Å². The van der Waals surface area contributed by atoms with E-state index in [9.17, 15) is 8.42 Å². The Bertz CT molecular complexity index is 3620. The van der Waals surface area contributed by atoms with Crippen LogP contribution in [0, 0.1) is 6.92 Å². The van der Waals surface area contributed by atoms with E-state index in [1.54, 1.807) is 24.3 Å². The lowest BCUT2D eigenvalue weighted by Gasteiger charge is -2.36. The molecule has 0 bridgehead atoms. The molecule has 7 rings (SSSR count). The van der Waals surface area contributed by atoms with Gasteiger partial charge in [0.15, 0.2) is 0 Å². The minimum absolute atomic E-state index is 0.0369. The van der Waals surface area contributed by atoms with Crippen molar-refractivity contribution in [3.63, 3.8) is 0 Å². The number of aryl methyl sites for hydroxylation is 1. The predicted octanol–water partition coefficient (Wildman–Crippen LogP) is 23.5. The van der Waals surface area contributed by atoms with Crippen LogP contribution in [0.4, 0.5) is 0 Å². The summed E-state index contributed by atoms with van der Waals surface area (Å²) in [5, 5.41) is 32.8. The van der Waals surface area contributed by atoms with Crippen molar-refractivity contribution in [3.8, 4) is 0 Å². The third-order valence-electron chi connectivity index (χ3n) is 20.0. The number of alkyl halides is 2. The fourth-order valence-corrected chi connectivity index (χ4v) is 14.1. The Morgan fingerprint density at radius 2 is 0.525 bits per heavy atom. The number of halogens is 2. The van der Waals surface area contributed by atoms with Gasteiger partial charge < -0.3 is 92.1 Å². The molecule has 0 spiro atoms. The monoisotopic (exact) mass is 2120 g/mol. The van der Waals surface area contributed by atoms with Crippen molar-refractivity contribution in [1.82, 2.24) is 0 Å². The topological polar surface area (TPSA) is 366 Å². The second kappa shape index (κ2) is 108. The van der Waals surface area contributed by atoms with Crippen molar-refractivity contribution in [2.75, 3.05) is 242 Å². The maximum Gasteiger partial charge on any atom is 0.297 e. The van der Waals surface area contributed by atoms with E-state index in [2.05, 4.69) is 198 Å². The first-order valence-electron chi connectivity index (χ1n) is 51.0. The van der Waals surface area contributed by atoms with Crippen molar-refractivity contribution in [2.45, 2.75) is 206 Å². The van der Waals surface area contributed by atoms with Crippen LogP contribution in [0.2, 0.25) is 0 Å². The molecular weight excluding hydrogens is 1950 g/mol. The summed E-state index contributed by atoms with van der Waals surface area (Å²) in [5.41, 5.74) is 27.7. The third-order valence-corrected chi connectivity index (χ3v) is 22.0. The van der Waals surface area contributed by atoms with E-state index in [-0.39, 0.29) is 31.3 Å². The number of azide groups is 2. The smallest absolute Gasteiger partial charge is 0.297 e. The molecule has 0 heterocycles. The summed E-state index contributed by atoms with van der Waals surface area (Å²) in [5.74, 6) is 0. The number of unbranched alkanes of at least 4 members (excludes halogenated alkanes) is 14. The van der Waals surface area contributed by atoms with Crippen molar-refractivity contribution >= 4 is 42.0 Å². The van der Waals surface area contributed by atoms with Gasteiger partial charge in [0.1, 0.15) is 11.2 Å². The SMILES string of the molecule is BrCCOC(c1ccccc1)(c1ccccc1)c1ccccc1.CCOCCCCCO.CCOCCCCCOCCN.CCOCCCCCOCCN=[N+]=[N-].CCOCCCCCOCCN=[N+]=[N-].CCOCCCCCOCCO.CCOCCCCCOCCOC(c1ccccc1)(c1ccccc1)c1ccccc1.CCOCCCCCOCCOS(=O)(=O)c1ccc(C)cc1.OCCBr. The van der Waals surface area contributed by atoms with Gasteiger partial charge in [0, 0.05) is 179 Å². The largest absolute Gasteiger partial charge is 0.396 e. The highest BCUT2D eigenvalue weighted by Crippen LogP contribution is 2.42. The Morgan fingerprint density at radius 1 is 0.284 bits per heavy atom. The maximum absolute atomic E-state index is 11.9. The number of benzene rings is 7. The number of nitrogens with zero attached hydrogens (tertiary/aromatic N) is 6. The molecular formula is C110H179Br2N7O21S. The predicted molar refractivity (Wildman–Crippen MR) is 578 cm³/mol. The normalized spacial score (nSPS) is 10.8. The molecule has 31 heteroatoms. The molecule has 7 aromatic rings. The lowest BCUT2D eigenvalue weighted by atomic mass is 9.80. The zero-order valence-corrected chi connectivity index (χ0v) is 90.7. The summed E-state index contributed by atoms with van der Waals surface area (Å²) in [6.07, 6.45) is 22.6. The second-order valence-corrected chi connectivity index (χ2v) is 34.3. The number of aliphatic hydroxyl groups is 3. The van der Waals surface area contributed by atoms with Gasteiger partial charge in [-0.15, -0.1) is 0 Å². The summed E-state index contributed by atoms with van der Waals surface area (Å²) >= 11 is 6.49. The summed E-state index contributed by atoms with van der Waals surface area (Å²) < 4.78 is 110. The van der Waals surface area contributed by atoms with E-state index in [0.29, 0.717) is 84.4 Å². The highest BCUT2D eigenvalue weighted by molar-refractivity contribution is 9.09. The van der Waals surface area contributed by atoms with Crippen molar-refractivity contribution in [2.24, 2.45) is 16.0 Å². The van der Waals surface area contributed by atoms with Crippen molar-refractivity contribution < 1.29 is 99.0 Å². The molecule has 0 aliphatic heterocycles. The number of aliphatic hydroxyl groups excluding tert-OH is 3. The van der Waals surface area contributed by atoms with Crippen molar-refractivity contribution in [1.29, 1.82) is 0 Å². The van der Waals surface area contributed by atoms with E-state index in [0.717, 1.165) is 298 Å². The van der Waals surface area contributed by atoms with Crippen LogP contribution in [-0.4, -0.2) is 265 Å². The molecule has 0 fully saturated rings. The van der Waals surface area contributed by atoms with Gasteiger partial charge in [-0.05, 0) is 247 Å². The van der Waals surface area contributed by atoms with E-state index in [4.69, 9.17) is 107 Å². The minimum atomic E-state index is -3.68. The van der Waals surface area contributed by atoms with E-state index in [1.807, 2.05) is 91.8 Å². The Kier molecular flexibility index (Phi) is 104. The van der Waals surface area contributed by atoms with Gasteiger partial charge in [-0.25, -0.2) is 0 Å². The molecule has 0 aliphatic rings. The molecule has 800 valence electrons. The van der Waals surface area contributed by atoms with Crippen LogP contribution in [0.3, 0.4) is 0 Å². The molecule has 0 radical (unpaired) electrons. The molecule has 0 aliphatic carbocycles. The summed E-state index contributed by atoms with van der Waals surface area (Å²) in [6, 6.07) is 69.2. The highest BCUT2D eigenvalue weighted by Gasteiger charge is 2.39. The number of hydrogen-bond acceptors (Lipinski definition) is 24. The number of nitrogens with two attached hydrogens (primary N) is 1. The Balaban J connectivity index is 0. The van der Waals surface area contributed by atoms with E-state index < -0.39 is 21.3 Å². The average Bonchev–Trinajstić information content (AvgIpc) is 0.763. The lowest BCUT2D eigenvalue weighted by Crippen LogP contribution is -2.34. The molecule has 0 unspecified atom stereocenters. The lowest BCUT2D eigenvalue weighted by molar-refractivity contribution is -0.0243. The maximum atomic E-state index is 11.9. The quantitative estimate of drug-likeness (QED) is 0.00523. The van der Waals surface area contributed by atoms with Gasteiger partial charge in [0.05, 0.1) is 77.6 Å². The molecule has 28 nitrogen and oxygen atoms in total. The van der Waals surface area contributed by atoms with Gasteiger partial charge in [-0.1, -0.05) is 242 Å². The van der Waals surface area contributed by atoms with Gasteiger partial charge >= 0.3 is 0 Å². The molecule has 0 saturated carbocycles. The fraction of sp³-hybridized carbons (Fsp3) is 0.618. The average molecular weight is 2130 g/mol. The van der Waals surface area contributed by atoms with Crippen LogP contribution in [0.25, 0.3) is 20.9 Å². The first-order chi connectivity index (χ1) is 69.3. The highest BCUT2D eigenvalue weighted by atomic mass is 79.9. The fourth-order valence-electron chi connectivity index (χ4n) is 13.0. The molecule has 0 amide bonds. The molecule has 7 aromatic carbocycles. The zero-order valence-electron chi connectivity index (χ0n) is 86.8. The van der Waals surface area contributed by atoms with Crippen LogP contribution >= 0.6 is 31.9 Å². The first-order valence-corrected chi connectivity index (χ1v) is 54.7. The van der Waals surface area contributed by atoms with Crippen LogP contribution in [0.15, 0.2) is 221 Å². The first kappa shape index (κ1) is 136. The summed E-state index contributed by atoms with van der Waals surface area (Å²) in [4.78, 5) is 5.44. The summed E-state index contributed by atoms with van der Waals surface area (Å²) in [7, 11) is -3.68. The van der Waals surface area contributed by atoms with Crippen LogP contribution < -0.4 is 5.73 Å². The zero-order chi connectivity index (χ0) is 103.